The van der Waals surface area contributed by atoms with E-state index in [1.165, 1.54) is 25.7 Å². The van der Waals surface area contributed by atoms with Crippen LogP contribution in [0.25, 0.3) is 0 Å². The van der Waals surface area contributed by atoms with Crippen molar-refractivity contribution in [2.45, 2.75) is 88.8 Å². The molecule has 0 aromatic carbocycles. The maximum absolute atomic E-state index is 13.1. The molecule has 1 saturated carbocycles. The number of aldehydes is 1. The van der Waals surface area contributed by atoms with Crippen LogP contribution in [-0.2, 0) is 9.59 Å². The zero-order valence-electron chi connectivity index (χ0n) is 17.6. The van der Waals surface area contributed by atoms with Crippen LogP contribution in [0.4, 0.5) is 0 Å². The quantitative estimate of drug-likeness (QED) is 0.132. The number of carbonyl (C=O) groups is 2. The van der Waals surface area contributed by atoms with E-state index < -0.39 is 12.1 Å². The highest BCUT2D eigenvalue weighted by Gasteiger charge is 2.32. The second-order valence-electron chi connectivity index (χ2n) is 8.54. The Hall–Kier alpha value is -1.67. The molecule has 1 saturated heterocycles. The first-order chi connectivity index (χ1) is 14.0. The van der Waals surface area contributed by atoms with Gasteiger partial charge in [-0.1, -0.05) is 38.5 Å². The molecule has 2 fully saturated rings. The lowest BCUT2D eigenvalue weighted by Gasteiger charge is -2.33. The van der Waals surface area contributed by atoms with Crippen molar-refractivity contribution in [2.75, 3.05) is 19.6 Å². The first kappa shape index (κ1) is 23.6. The summed E-state index contributed by atoms with van der Waals surface area (Å²) in [7, 11) is 0. The van der Waals surface area contributed by atoms with Gasteiger partial charge in [-0.2, -0.15) is 0 Å². The highest BCUT2D eigenvalue weighted by Crippen LogP contribution is 2.27. The molecule has 1 aliphatic heterocycles. The number of nitrogens with one attached hydrogen (secondary N) is 1. The summed E-state index contributed by atoms with van der Waals surface area (Å²) in [5.74, 6) is 0.446. The average Bonchev–Trinajstić information content (AvgIpc) is 3.11. The van der Waals surface area contributed by atoms with Gasteiger partial charge in [-0.15, -0.1) is 0 Å². The first-order valence-corrected chi connectivity index (χ1v) is 11.2. The molecule has 29 heavy (non-hydrogen) atoms. The van der Waals surface area contributed by atoms with Crippen molar-refractivity contribution in [2.24, 2.45) is 22.4 Å². The second kappa shape index (κ2) is 12.8. The number of rotatable bonds is 11. The molecule has 0 aromatic rings. The molecule has 166 valence electrons. The maximum atomic E-state index is 13.1. The van der Waals surface area contributed by atoms with Gasteiger partial charge in [-0.25, -0.2) is 0 Å². The number of aliphatic hydroxyl groups excluding tert-OH is 1. The lowest BCUT2D eigenvalue weighted by Crippen LogP contribution is -2.52. The van der Waals surface area contributed by atoms with E-state index in [1.54, 1.807) is 4.90 Å². The number of hydrogen-bond donors (Lipinski definition) is 4. The topological polar surface area (TPSA) is 134 Å². The van der Waals surface area contributed by atoms with Crippen LogP contribution < -0.4 is 16.8 Å². The molecule has 6 N–H and O–H groups in total. The Morgan fingerprint density at radius 2 is 1.90 bits per heavy atom. The van der Waals surface area contributed by atoms with Crippen LogP contribution >= 0.6 is 0 Å². The van der Waals surface area contributed by atoms with Crippen LogP contribution in [0.1, 0.15) is 70.6 Å². The number of nitrogens with zero attached hydrogens (tertiary/aromatic N) is 2. The Kier molecular flexibility index (Phi) is 10.4. The monoisotopic (exact) mass is 409 g/mol. The van der Waals surface area contributed by atoms with Gasteiger partial charge in [0.25, 0.3) is 0 Å². The Bertz CT molecular complexity index is 524. The SMILES string of the molecule is NC(N)=NCCC[C@@H](C=O)N(CC(O)CC1CCCCCC1)C(=O)[C@@H]1CCCN1. The molecule has 0 aromatic heterocycles. The Morgan fingerprint density at radius 1 is 1.17 bits per heavy atom. The maximum Gasteiger partial charge on any atom is 0.240 e. The van der Waals surface area contributed by atoms with E-state index in [0.717, 1.165) is 38.5 Å². The number of aliphatic hydroxyl groups is 1. The van der Waals surface area contributed by atoms with Crippen LogP contribution in [0.2, 0.25) is 0 Å². The molecule has 8 heteroatoms. The fourth-order valence-corrected chi connectivity index (χ4v) is 4.58. The summed E-state index contributed by atoms with van der Waals surface area (Å²) < 4.78 is 0. The molecule has 0 spiro atoms. The van der Waals surface area contributed by atoms with E-state index in [1.807, 2.05) is 0 Å². The molecule has 2 rings (SSSR count). The number of carbonyl (C=O) groups excluding carboxylic acids is 2. The number of guanidine groups is 1. The first-order valence-electron chi connectivity index (χ1n) is 11.2. The molecule has 0 bridgehead atoms. The normalized spacial score (nSPS) is 22.4. The smallest absolute Gasteiger partial charge is 0.240 e. The van der Waals surface area contributed by atoms with Crippen LogP contribution in [0.5, 0.6) is 0 Å². The van der Waals surface area contributed by atoms with Gasteiger partial charge in [-0.3, -0.25) is 9.79 Å². The average molecular weight is 410 g/mol. The molecule has 8 nitrogen and oxygen atoms in total. The van der Waals surface area contributed by atoms with E-state index in [0.29, 0.717) is 31.7 Å². The summed E-state index contributed by atoms with van der Waals surface area (Å²) in [6, 6.07) is -0.830. The van der Waals surface area contributed by atoms with Crippen LogP contribution in [0.15, 0.2) is 4.99 Å². The molecule has 1 aliphatic carbocycles. The standard InChI is InChI=1S/C21H39N5O3/c22-21(23)25-12-5-9-17(15-27)26(20(29)19-10-6-11-24-19)14-18(28)13-16-7-3-1-2-4-8-16/h15-19,24,28H,1-14H2,(H4,22,23,25)/t17-,18?,19-/m0/s1. The molecule has 1 unspecified atom stereocenters. The van der Waals surface area contributed by atoms with E-state index in [-0.39, 0.29) is 24.5 Å². The summed E-state index contributed by atoms with van der Waals surface area (Å²) in [6.07, 6.45) is 11.0. The number of amides is 1. The van der Waals surface area contributed by atoms with Crippen molar-refractivity contribution in [1.29, 1.82) is 0 Å². The fourth-order valence-electron chi connectivity index (χ4n) is 4.58. The minimum atomic E-state index is -0.608. The van der Waals surface area contributed by atoms with Crippen molar-refractivity contribution < 1.29 is 14.7 Å². The Labute approximate surface area is 174 Å². The van der Waals surface area contributed by atoms with Crippen molar-refractivity contribution >= 4 is 18.2 Å². The van der Waals surface area contributed by atoms with Gasteiger partial charge in [0.2, 0.25) is 5.91 Å². The van der Waals surface area contributed by atoms with Gasteiger partial charge in [0.05, 0.1) is 18.2 Å². The number of aliphatic imine (C=N–C) groups is 1. The molecule has 3 atom stereocenters. The molecule has 0 radical (unpaired) electrons. The third-order valence-electron chi connectivity index (χ3n) is 6.14. The third kappa shape index (κ3) is 8.30. The predicted octanol–water partition coefficient (Wildman–Crippen LogP) is 0.910. The number of hydrogen-bond acceptors (Lipinski definition) is 5. The highest BCUT2D eigenvalue weighted by atomic mass is 16.3. The van der Waals surface area contributed by atoms with Gasteiger partial charge >= 0.3 is 0 Å². The van der Waals surface area contributed by atoms with E-state index in [4.69, 9.17) is 11.5 Å². The Morgan fingerprint density at radius 3 is 2.48 bits per heavy atom. The van der Waals surface area contributed by atoms with E-state index >= 15 is 0 Å². The molecule has 2 aliphatic rings. The predicted molar refractivity (Wildman–Crippen MR) is 114 cm³/mol. The van der Waals surface area contributed by atoms with Gasteiger partial charge < -0.3 is 31.6 Å². The minimum Gasteiger partial charge on any atom is -0.391 e. The van der Waals surface area contributed by atoms with Crippen molar-refractivity contribution in [1.82, 2.24) is 10.2 Å². The van der Waals surface area contributed by atoms with Crippen molar-refractivity contribution in [3.63, 3.8) is 0 Å². The highest BCUT2D eigenvalue weighted by molar-refractivity contribution is 5.85. The van der Waals surface area contributed by atoms with Gasteiger partial charge in [0, 0.05) is 13.1 Å². The summed E-state index contributed by atoms with van der Waals surface area (Å²) in [4.78, 5) is 30.5. The Balaban J connectivity index is 1.99. The summed E-state index contributed by atoms with van der Waals surface area (Å²) in [5.41, 5.74) is 10.7. The van der Waals surface area contributed by atoms with Gasteiger partial charge in [-0.05, 0) is 44.6 Å². The van der Waals surface area contributed by atoms with Crippen molar-refractivity contribution in [3.05, 3.63) is 0 Å². The van der Waals surface area contributed by atoms with Gasteiger partial charge in [0.1, 0.15) is 6.29 Å². The fraction of sp³-hybridized carbons (Fsp3) is 0.857. The van der Waals surface area contributed by atoms with E-state index in [9.17, 15) is 14.7 Å². The lowest BCUT2D eigenvalue weighted by molar-refractivity contribution is -0.140. The molecule has 1 heterocycles. The molecule has 1 amide bonds. The molecular formula is C21H39N5O3. The minimum absolute atomic E-state index is 0.0227. The van der Waals surface area contributed by atoms with Crippen LogP contribution in [-0.4, -0.2) is 66.0 Å². The summed E-state index contributed by atoms with van der Waals surface area (Å²) in [6.45, 7) is 1.44. The van der Waals surface area contributed by atoms with Crippen molar-refractivity contribution in [3.8, 4) is 0 Å². The lowest BCUT2D eigenvalue weighted by atomic mass is 9.93. The zero-order valence-corrected chi connectivity index (χ0v) is 17.6. The van der Waals surface area contributed by atoms with Gasteiger partial charge in [0.15, 0.2) is 5.96 Å². The largest absolute Gasteiger partial charge is 0.391 e. The summed E-state index contributed by atoms with van der Waals surface area (Å²) in [5, 5.41) is 14.0. The number of nitrogens with two attached hydrogens (primary N) is 2. The zero-order chi connectivity index (χ0) is 21.1. The molecular weight excluding hydrogens is 370 g/mol. The second-order valence-corrected chi connectivity index (χ2v) is 8.54. The summed E-state index contributed by atoms with van der Waals surface area (Å²) >= 11 is 0. The third-order valence-corrected chi connectivity index (χ3v) is 6.14. The van der Waals surface area contributed by atoms with E-state index in [2.05, 4.69) is 10.3 Å². The van der Waals surface area contributed by atoms with Crippen LogP contribution in [0.3, 0.4) is 0 Å². The van der Waals surface area contributed by atoms with Crippen LogP contribution in [0, 0.1) is 5.92 Å².